The first-order chi connectivity index (χ1) is 14.3. The summed E-state index contributed by atoms with van der Waals surface area (Å²) in [6, 6.07) is 1.06. The van der Waals surface area contributed by atoms with Crippen LogP contribution in [0.15, 0.2) is 24.7 Å². The Labute approximate surface area is 171 Å². The number of hydrogen-bond acceptors (Lipinski definition) is 7. The lowest BCUT2D eigenvalue weighted by Gasteiger charge is -2.28. The summed E-state index contributed by atoms with van der Waals surface area (Å²) in [7, 11) is 0. The summed E-state index contributed by atoms with van der Waals surface area (Å²) in [5.41, 5.74) is 7.01. The average Bonchev–Trinajstić information content (AvgIpc) is 3.32. The van der Waals surface area contributed by atoms with E-state index in [4.69, 9.17) is 5.73 Å². The van der Waals surface area contributed by atoms with E-state index in [1.54, 1.807) is 4.90 Å². The predicted octanol–water partition coefficient (Wildman–Crippen LogP) is 1.39. The molecule has 0 aromatic carbocycles. The normalized spacial score (nSPS) is 17.6. The van der Waals surface area contributed by atoms with Crippen molar-refractivity contribution in [3.05, 3.63) is 53.1 Å². The second kappa shape index (κ2) is 7.94. The van der Waals surface area contributed by atoms with Gasteiger partial charge >= 0.3 is 0 Å². The van der Waals surface area contributed by atoms with Crippen molar-refractivity contribution in [1.82, 2.24) is 19.6 Å². The summed E-state index contributed by atoms with van der Waals surface area (Å²) in [6.07, 6.45) is 5.99. The van der Waals surface area contributed by atoms with Gasteiger partial charge in [-0.15, -0.1) is 0 Å². The summed E-state index contributed by atoms with van der Waals surface area (Å²) < 4.78 is 30.0. The Hall–Kier alpha value is -3.14. The summed E-state index contributed by atoms with van der Waals surface area (Å²) >= 11 is 0. The van der Waals surface area contributed by atoms with Gasteiger partial charge in [-0.25, -0.2) is 18.3 Å². The number of carbonyl (C=O) groups is 1. The molecule has 3 aromatic rings. The molecular formula is C20H21F2N6O2-. The Morgan fingerprint density at radius 2 is 2.20 bits per heavy atom. The third-order valence-corrected chi connectivity index (χ3v) is 5.34. The van der Waals surface area contributed by atoms with E-state index in [1.807, 2.05) is 6.92 Å². The number of hydrogen-bond donors (Lipinski definition) is 1. The van der Waals surface area contributed by atoms with Crippen molar-refractivity contribution >= 4 is 17.4 Å². The molecule has 1 aliphatic heterocycles. The second-order valence-electron chi connectivity index (χ2n) is 7.58. The maximum Gasteiger partial charge on any atom is 0.184 e. The molecule has 158 valence electrons. The fourth-order valence-corrected chi connectivity index (χ4v) is 3.91. The summed E-state index contributed by atoms with van der Waals surface area (Å²) in [4.78, 5) is 21.5. The molecule has 1 saturated heterocycles. The Kier molecular flexibility index (Phi) is 5.33. The van der Waals surface area contributed by atoms with Crippen LogP contribution in [0, 0.1) is 11.6 Å². The van der Waals surface area contributed by atoms with Crippen LogP contribution in [0.3, 0.4) is 0 Å². The van der Waals surface area contributed by atoms with Crippen molar-refractivity contribution in [2.75, 3.05) is 11.4 Å². The number of aromatic nitrogens is 4. The third-order valence-electron chi connectivity index (χ3n) is 5.34. The van der Waals surface area contributed by atoms with Crippen LogP contribution in [-0.4, -0.2) is 38.1 Å². The minimum absolute atomic E-state index is 0.00426. The van der Waals surface area contributed by atoms with Crippen molar-refractivity contribution in [2.45, 2.75) is 44.7 Å². The number of carboxylic acid groups (broad SMARTS) is 1. The molecule has 1 fully saturated rings. The smallest absolute Gasteiger partial charge is 0.184 e. The van der Waals surface area contributed by atoms with Crippen molar-refractivity contribution in [1.29, 1.82) is 0 Å². The van der Waals surface area contributed by atoms with E-state index in [1.165, 1.54) is 12.3 Å². The Bertz CT molecular complexity index is 1100. The van der Waals surface area contributed by atoms with Gasteiger partial charge in [0, 0.05) is 18.3 Å². The van der Waals surface area contributed by atoms with E-state index in [-0.39, 0.29) is 29.1 Å². The van der Waals surface area contributed by atoms with Crippen LogP contribution in [-0.2, 0) is 6.42 Å². The van der Waals surface area contributed by atoms with E-state index in [0.717, 1.165) is 23.3 Å². The number of carbonyl (C=O) groups excluding carboxylic acids is 1. The molecule has 0 radical (unpaired) electrons. The van der Waals surface area contributed by atoms with Crippen LogP contribution < -0.4 is 15.7 Å². The van der Waals surface area contributed by atoms with Crippen molar-refractivity contribution in [2.24, 2.45) is 5.73 Å². The molecule has 30 heavy (non-hydrogen) atoms. The summed E-state index contributed by atoms with van der Waals surface area (Å²) in [5, 5.41) is 15.1. The maximum atomic E-state index is 14.9. The van der Waals surface area contributed by atoms with Crippen molar-refractivity contribution < 1.29 is 18.7 Å². The molecule has 8 nitrogen and oxygen atoms in total. The number of halogens is 2. The monoisotopic (exact) mass is 415 g/mol. The fourth-order valence-electron chi connectivity index (χ4n) is 3.91. The minimum atomic E-state index is -1.44. The molecule has 10 heteroatoms. The van der Waals surface area contributed by atoms with E-state index >= 15 is 0 Å². The van der Waals surface area contributed by atoms with Gasteiger partial charge in [-0.05, 0) is 44.2 Å². The van der Waals surface area contributed by atoms with Gasteiger partial charge in [0.1, 0.15) is 5.82 Å². The van der Waals surface area contributed by atoms with Gasteiger partial charge in [-0.1, -0.05) is 0 Å². The third kappa shape index (κ3) is 3.70. The zero-order valence-electron chi connectivity index (χ0n) is 16.4. The van der Waals surface area contributed by atoms with Crippen LogP contribution in [0.5, 0.6) is 0 Å². The summed E-state index contributed by atoms with van der Waals surface area (Å²) in [6.45, 7) is 2.38. The lowest BCUT2D eigenvalue weighted by atomic mass is 9.98. The topological polar surface area (TPSA) is 112 Å². The molecule has 2 N–H and O–H groups in total. The number of rotatable bonds is 6. The molecule has 1 aliphatic rings. The number of nitrogens with two attached hydrogens (primary N) is 1. The molecule has 0 unspecified atom stereocenters. The first kappa shape index (κ1) is 20.1. The lowest BCUT2D eigenvalue weighted by Crippen LogP contribution is -2.27. The Balaban J connectivity index is 1.76. The van der Waals surface area contributed by atoms with E-state index in [2.05, 4.69) is 15.1 Å². The van der Waals surface area contributed by atoms with Gasteiger partial charge in [0.2, 0.25) is 0 Å². The van der Waals surface area contributed by atoms with Crippen LogP contribution in [0.1, 0.15) is 53.8 Å². The van der Waals surface area contributed by atoms with Gasteiger partial charge in [0.15, 0.2) is 17.3 Å². The standard InChI is InChI=1S/C20H22F2N6O2/c1-11(23)4-5-16-13(7-12(21)8-24-16)17-3-2-6-27(17)19-15(22)10-28-18(26-19)14(9-25-28)20(29)30/h7-11,17H,2-6,23H2,1H3,(H,29,30)/p-1/t11-,17-/m1/s1. The fraction of sp³-hybridized carbons (Fsp3) is 0.400. The van der Waals surface area contributed by atoms with E-state index in [0.29, 0.717) is 37.1 Å². The average molecular weight is 415 g/mol. The highest BCUT2D eigenvalue weighted by Gasteiger charge is 2.32. The van der Waals surface area contributed by atoms with E-state index < -0.39 is 17.6 Å². The molecule has 0 spiro atoms. The number of anilines is 1. The predicted molar refractivity (Wildman–Crippen MR) is 103 cm³/mol. The molecule has 0 saturated carbocycles. The first-order valence-electron chi connectivity index (χ1n) is 9.77. The molecule has 4 heterocycles. The second-order valence-corrected chi connectivity index (χ2v) is 7.58. The Morgan fingerprint density at radius 3 is 2.93 bits per heavy atom. The zero-order valence-corrected chi connectivity index (χ0v) is 16.4. The highest BCUT2D eigenvalue weighted by Crippen LogP contribution is 2.38. The number of pyridine rings is 1. The summed E-state index contributed by atoms with van der Waals surface area (Å²) in [5.74, 6) is -2.57. The number of nitrogens with zero attached hydrogens (tertiary/aromatic N) is 5. The SMILES string of the molecule is C[C@@H](N)CCc1ncc(F)cc1[C@H]1CCCN1c1nc2c(C(=O)[O-])cnn2cc1F. The number of aryl methyl sites for hydroxylation is 1. The van der Waals surface area contributed by atoms with Gasteiger partial charge in [0.05, 0.1) is 36.2 Å². The Morgan fingerprint density at radius 1 is 1.40 bits per heavy atom. The number of carboxylic acids is 1. The van der Waals surface area contributed by atoms with Gasteiger partial charge in [-0.3, -0.25) is 4.98 Å². The van der Waals surface area contributed by atoms with Crippen LogP contribution in [0.4, 0.5) is 14.6 Å². The lowest BCUT2D eigenvalue weighted by molar-refractivity contribution is -0.254. The van der Waals surface area contributed by atoms with Gasteiger partial charge in [-0.2, -0.15) is 5.10 Å². The maximum absolute atomic E-state index is 14.9. The first-order valence-corrected chi connectivity index (χ1v) is 9.77. The van der Waals surface area contributed by atoms with Crippen LogP contribution >= 0.6 is 0 Å². The highest BCUT2D eigenvalue weighted by atomic mass is 19.1. The molecule has 0 aliphatic carbocycles. The largest absolute Gasteiger partial charge is 0.545 e. The molecule has 4 rings (SSSR count). The number of fused-ring (bicyclic) bond motifs is 1. The molecule has 3 aromatic heterocycles. The van der Waals surface area contributed by atoms with Crippen molar-refractivity contribution in [3.63, 3.8) is 0 Å². The highest BCUT2D eigenvalue weighted by molar-refractivity contribution is 5.92. The number of aromatic carboxylic acids is 1. The molecular weight excluding hydrogens is 394 g/mol. The van der Waals surface area contributed by atoms with E-state index in [9.17, 15) is 18.7 Å². The molecule has 0 bridgehead atoms. The van der Waals surface area contributed by atoms with Crippen LogP contribution in [0.2, 0.25) is 0 Å². The zero-order chi connectivity index (χ0) is 21.4. The van der Waals surface area contributed by atoms with Gasteiger partial charge in [0.25, 0.3) is 0 Å². The quantitative estimate of drug-likeness (QED) is 0.647. The van der Waals surface area contributed by atoms with Crippen LogP contribution in [0.25, 0.3) is 5.65 Å². The van der Waals surface area contributed by atoms with Gasteiger partial charge < -0.3 is 20.5 Å². The van der Waals surface area contributed by atoms with Crippen molar-refractivity contribution in [3.8, 4) is 0 Å². The molecule has 2 atom stereocenters. The molecule has 0 amide bonds. The minimum Gasteiger partial charge on any atom is -0.545 e.